The fourth-order valence-corrected chi connectivity index (χ4v) is 4.31. The molecular formula is C21H20N2O3S. The van der Waals surface area contributed by atoms with Gasteiger partial charge in [-0.15, -0.1) is 11.3 Å². The number of rotatable bonds is 4. The Kier molecular flexibility index (Phi) is 4.81. The molecule has 1 aromatic carbocycles. The Balaban J connectivity index is 1.57. The molecule has 138 valence electrons. The van der Waals surface area contributed by atoms with Gasteiger partial charge in [-0.1, -0.05) is 12.1 Å². The maximum atomic E-state index is 13.1. The Morgan fingerprint density at radius 3 is 2.85 bits per heavy atom. The molecular weight excluding hydrogens is 360 g/mol. The number of carbonyl (C=O) groups excluding carboxylic acids is 2. The fourth-order valence-electron chi connectivity index (χ4n) is 3.43. The predicted octanol–water partition coefficient (Wildman–Crippen LogP) is 4.88. The number of furan rings is 1. The number of nitrogens with zero attached hydrogens (tertiary/aromatic N) is 1. The molecule has 1 aliphatic rings. The second-order valence-electron chi connectivity index (χ2n) is 6.63. The van der Waals surface area contributed by atoms with Crippen molar-refractivity contribution in [2.24, 2.45) is 0 Å². The number of benzene rings is 1. The number of amides is 2. The minimum absolute atomic E-state index is 0.000558. The maximum absolute atomic E-state index is 13.1. The highest BCUT2D eigenvalue weighted by molar-refractivity contribution is 7.10. The summed E-state index contributed by atoms with van der Waals surface area (Å²) in [4.78, 5) is 28.6. The highest BCUT2D eigenvalue weighted by Gasteiger charge is 2.31. The molecule has 0 radical (unpaired) electrons. The molecule has 2 aromatic heterocycles. The number of carbonyl (C=O) groups is 2. The summed E-state index contributed by atoms with van der Waals surface area (Å²) in [5, 5.41) is 4.88. The first-order valence-electron chi connectivity index (χ1n) is 8.93. The summed E-state index contributed by atoms with van der Waals surface area (Å²) in [5.74, 6) is -0.0897. The third kappa shape index (κ3) is 3.53. The van der Waals surface area contributed by atoms with Crippen LogP contribution in [0.5, 0.6) is 0 Å². The number of aryl methyl sites for hydroxylation is 1. The van der Waals surface area contributed by atoms with Gasteiger partial charge in [-0.2, -0.15) is 0 Å². The number of thiophene rings is 1. The molecule has 0 spiro atoms. The predicted molar refractivity (Wildman–Crippen MR) is 105 cm³/mol. The first-order chi connectivity index (χ1) is 13.1. The van der Waals surface area contributed by atoms with Crippen molar-refractivity contribution >= 4 is 28.8 Å². The second-order valence-corrected chi connectivity index (χ2v) is 7.61. The lowest BCUT2D eigenvalue weighted by molar-refractivity contribution is 0.0737. The summed E-state index contributed by atoms with van der Waals surface area (Å²) in [5.41, 5.74) is 2.09. The number of hydrogen-bond acceptors (Lipinski definition) is 4. The van der Waals surface area contributed by atoms with Crippen LogP contribution in [0.25, 0.3) is 0 Å². The van der Waals surface area contributed by atoms with Crippen LogP contribution in [0.15, 0.2) is 58.5 Å². The highest BCUT2D eigenvalue weighted by Crippen LogP contribution is 2.35. The third-order valence-electron chi connectivity index (χ3n) is 4.86. The van der Waals surface area contributed by atoms with Gasteiger partial charge in [0.25, 0.3) is 11.8 Å². The second kappa shape index (κ2) is 7.40. The quantitative estimate of drug-likeness (QED) is 0.702. The average Bonchev–Trinajstić information content (AvgIpc) is 3.43. The minimum Gasteiger partial charge on any atom is -0.459 e. The summed E-state index contributed by atoms with van der Waals surface area (Å²) < 4.78 is 5.14. The first kappa shape index (κ1) is 17.5. The van der Waals surface area contributed by atoms with Gasteiger partial charge in [-0.05, 0) is 61.0 Å². The zero-order chi connectivity index (χ0) is 18.8. The topological polar surface area (TPSA) is 62.6 Å². The summed E-state index contributed by atoms with van der Waals surface area (Å²) >= 11 is 1.69. The smallest absolute Gasteiger partial charge is 0.291 e. The molecule has 3 heterocycles. The number of hydrogen-bond donors (Lipinski definition) is 1. The van der Waals surface area contributed by atoms with Gasteiger partial charge in [0.05, 0.1) is 12.3 Å². The van der Waals surface area contributed by atoms with E-state index in [1.54, 1.807) is 29.5 Å². The van der Waals surface area contributed by atoms with Gasteiger partial charge in [-0.3, -0.25) is 9.59 Å². The van der Waals surface area contributed by atoms with E-state index < -0.39 is 0 Å². The maximum Gasteiger partial charge on any atom is 0.291 e. The zero-order valence-corrected chi connectivity index (χ0v) is 15.8. The molecule has 0 unspecified atom stereocenters. The van der Waals surface area contributed by atoms with E-state index in [9.17, 15) is 9.59 Å². The lowest BCUT2D eigenvalue weighted by Crippen LogP contribution is -2.30. The molecule has 3 aromatic rings. The van der Waals surface area contributed by atoms with Crippen molar-refractivity contribution in [3.8, 4) is 0 Å². The Bertz CT molecular complexity index is 948. The van der Waals surface area contributed by atoms with Gasteiger partial charge in [0.1, 0.15) is 0 Å². The van der Waals surface area contributed by atoms with Crippen molar-refractivity contribution in [1.29, 1.82) is 0 Å². The number of likely N-dealkylation sites (tertiary alicyclic amines) is 1. The van der Waals surface area contributed by atoms with Gasteiger partial charge in [0.2, 0.25) is 0 Å². The molecule has 0 bridgehead atoms. The first-order valence-corrected chi connectivity index (χ1v) is 9.81. The van der Waals surface area contributed by atoms with Crippen LogP contribution in [0.4, 0.5) is 5.69 Å². The lowest BCUT2D eigenvalue weighted by atomic mass is 10.1. The van der Waals surface area contributed by atoms with Crippen LogP contribution in [0.3, 0.4) is 0 Å². The normalized spacial score (nSPS) is 16.5. The lowest BCUT2D eigenvalue weighted by Gasteiger charge is -2.24. The molecule has 5 nitrogen and oxygen atoms in total. The van der Waals surface area contributed by atoms with Gasteiger partial charge < -0.3 is 14.6 Å². The summed E-state index contributed by atoms with van der Waals surface area (Å²) in [7, 11) is 0. The Hall–Kier alpha value is -2.86. The molecule has 1 aliphatic heterocycles. The minimum atomic E-state index is -0.328. The van der Waals surface area contributed by atoms with Crippen LogP contribution in [0.1, 0.15) is 50.2 Å². The Morgan fingerprint density at radius 2 is 2.11 bits per heavy atom. The number of nitrogens with one attached hydrogen (secondary N) is 1. The average molecular weight is 380 g/mol. The van der Waals surface area contributed by atoms with Crippen LogP contribution >= 0.6 is 11.3 Å². The summed E-state index contributed by atoms with van der Waals surface area (Å²) in [6.07, 6.45) is 3.45. The van der Waals surface area contributed by atoms with Crippen molar-refractivity contribution in [1.82, 2.24) is 4.90 Å². The van der Waals surface area contributed by atoms with E-state index in [1.807, 2.05) is 35.4 Å². The Labute approximate surface area is 161 Å². The molecule has 1 fully saturated rings. The van der Waals surface area contributed by atoms with Crippen LogP contribution < -0.4 is 5.32 Å². The van der Waals surface area contributed by atoms with Gasteiger partial charge in [0, 0.05) is 22.7 Å². The highest BCUT2D eigenvalue weighted by atomic mass is 32.1. The van der Waals surface area contributed by atoms with Crippen molar-refractivity contribution in [3.05, 3.63) is 75.9 Å². The van der Waals surface area contributed by atoms with Crippen molar-refractivity contribution < 1.29 is 14.0 Å². The molecule has 0 aliphatic carbocycles. The molecule has 27 heavy (non-hydrogen) atoms. The van der Waals surface area contributed by atoms with Crippen LogP contribution in [-0.4, -0.2) is 23.3 Å². The largest absolute Gasteiger partial charge is 0.459 e. The Morgan fingerprint density at radius 1 is 1.22 bits per heavy atom. The van der Waals surface area contributed by atoms with Gasteiger partial charge in [-0.25, -0.2) is 0 Å². The SMILES string of the molecule is Cc1ccc(C(=O)N2CCC[C@H]2c2cccs2)cc1NC(=O)c1ccco1. The molecule has 1 atom stereocenters. The molecule has 1 N–H and O–H groups in total. The van der Waals surface area contributed by atoms with Crippen molar-refractivity contribution in [2.75, 3.05) is 11.9 Å². The summed E-state index contributed by atoms with van der Waals surface area (Å²) in [6.45, 7) is 2.65. The van der Waals surface area contributed by atoms with Crippen LogP contribution in [0, 0.1) is 6.92 Å². The molecule has 0 saturated carbocycles. The van der Waals surface area contributed by atoms with E-state index in [0.717, 1.165) is 24.9 Å². The van der Waals surface area contributed by atoms with E-state index in [4.69, 9.17) is 4.42 Å². The van der Waals surface area contributed by atoms with Gasteiger partial charge >= 0.3 is 0 Å². The van der Waals surface area contributed by atoms with Crippen LogP contribution in [0.2, 0.25) is 0 Å². The third-order valence-corrected chi connectivity index (χ3v) is 5.84. The molecule has 4 rings (SSSR count). The molecule has 2 amide bonds. The fraction of sp³-hybridized carbons (Fsp3) is 0.238. The van der Waals surface area contributed by atoms with E-state index in [2.05, 4.69) is 11.4 Å². The monoisotopic (exact) mass is 380 g/mol. The van der Waals surface area contributed by atoms with E-state index in [0.29, 0.717) is 11.3 Å². The van der Waals surface area contributed by atoms with Gasteiger partial charge in [0.15, 0.2) is 5.76 Å². The van der Waals surface area contributed by atoms with Crippen molar-refractivity contribution in [3.63, 3.8) is 0 Å². The number of anilines is 1. The summed E-state index contributed by atoms with van der Waals surface area (Å²) in [6, 6.07) is 13.0. The molecule has 6 heteroatoms. The molecule has 1 saturated heterocycles. The van der Waals surface area contributed by atoms with Crippen molar-refractivity contribution in [2.45, 2.75) is 25.8 Å². The van der Waals surface area contributed by atoms with E-state index in [1.165, 1.54) is 11.1 Å². The van der Waals surface area contributed by atoms with Crippen LogP contribution in [-0.2, 0) is 0 Å². The van der Waals surface area contributed by atoms with E-state index >= 15 is 0 Å². The zero-order valence-electron chi connectivity index (χ0n) is 15.0. The van der Waals surface area contributed by atoms with E-state index in [-0.39, 0.29) is 23.6 Å². The standard InChI is InChI=1S/C21H20N2O3S/c1-14-8-9-15(13-16(14)22-20(24)18-6-3-11-26-18)21(25)23-10-2-5-17(23)19-7-4-12-27-19/h3-4,6-9,11-13,17H,2,5,10H2,1H3,(H,22,24)/t17-/m0/s1.